The van der Waals surface area contributed by atoms with E-state index in [-0.39, 0.29) is 0 Å². The van der Waals surface area contributed by atoms with Crippen molar-refractivity contribution >= 4 is 5.97 Å². The first kappa shape index (κ1) is 12.3. The first-order valence-corrected chi connectivity index (χ1v) is 4.45. The van der Waals surface area contributed by atoms with E-state index in [9.17, 15) is 20.1 Å². The van der Waals surface area contributed by atoms with Crippen molar-refractivity contribution in [2.45, 2.75) is 37.6 Å². The van der Waals surface area contributed by atoms with Crippen molar-refractivity contribution in [2.24, 2.45) is 0 Å². The van der Waals surface area contributed by atoms with Crippen LogP contribution >= 0.6 is 0 Å². The van der Waals surface area contributed by atoms with Gasteiger partial charge in [0.15, 0.2) is 0 Å². The molecule has 0 saturated carbocycles. The van der Waals surface area contributed by atoms with Crippen LogP contribution in [-0.2, 0) is 14.3 Å². The summed E-state index contributed by atoms with van der Waals surface area (Å²) in [6, 6.07) is 0. The third-order valence-corrected chi connectivity index (χ3v) is 2.11. The lowest BCUT2D eigenvalue weighted by molar-refractivity contribution is -0.192. The van der Waals surface area contributed by atoms with E-state index in [1.165, 1.54) is 0 Å². The first-order valence-electron chi connectivity index (χ1n) is 4.45. The van der Waals surface area contributed by atoms with Crippen LogP contribution in [0.3, 0.4) is 0 Å². The number of hydrogen-bond donors (Lipinski definition) is 4. The van der Waals surface area contributed by atoms with Gasteiger partial charge in [-0.05, 0) is 0 Å². The topological polar surface area (TPSA) is 116 Å². The summed E-state index contributed by atoms with van der Waals surface area (Å²) >= 11 is 0. The summed E-state index contributed by atoms with van der Waals surface area (Å²) in [5.74, 6) is -0.676. The summed E-state index contributed by atoms with van der Waals surface area (Å²) in [5, 5.41) is 36.6. The van der Waals surface area contributed by atoms with Gasteiger partial charge in [0.05, 0.1) is 6.61 Å². The summed E-state index contributed by atoms with van der Waals surface area (Å²) in [6.45, 7) is 0.500. The number of aliphatic hydroxyl groups excluding tert-OH is 4. The summed E-state index contributed by atoms with van der Waals surface area (Å²) in [5.41, 5.74) is 0. The van der Waals surface area contributed by atoms with Gasteiger partial charge in [-0.25, -0.2) is 0 Å². The number of carbonyl (C=O) groups is 1. The van der Waals surface area contributed by atoms with E-state index in [1.807, 2.05) is 0 Å². The largest absolute Gasteiger partial charge is 0.433 e. The minimum absolute atomic E-state index is 0.624. The lowest BCUT2D eigenvalue weighted by Crippen LogP contribution is -2.40. The van der Waals surface area contributed by atoms with Gasteiger partial charge in [0.25, 0.3) is 0 Å². The maximum absolute atomic E-state index is 10.6. The van der Waals surface area contributed by atoms with Crippen LogP contribution in [0.2, 0.25) is 0 Å². The molecule has 7 heteroatoms. The molecule has 0 aromatic carbocycles. The van der Waals surface area contributed by atoms with Crippen molar-refractivity contribution < 1.29 is 34.7 Å². The van der Waals surface area contributed by atoms with E-state index in [0.717, 1.165) is 6.92 Å². The average molecular weight is 222 g/mol. The molecule has 1 rings (SSSR count). The fourth-order valence-corrected chi connectivity index (χ4v) is 1.35. The zero-order valence-corrected chi connectivity index (χ0v) is 8.11. The second-order valence-electron chi connectivity index (χ2n) is 3.31. The number of aliphatic hydroxyl groups is 4. The smallest absolute Gasteiger partial charge is 0.305 e. The molecule has 1 aliphatic rings. The highest BCUT2D eigenvalue weighted by atomic mass is 16.7. The van der Waals surface area contributed by atoms with E-state index >= 15 is 0 Å². The highest BCUT2D eigenvalue weighted by Gasteiger charge is 2.47. The Morgan fingerprint density at radius 2 is 2.07 bits per heavy atom. The van der Waals surface area contributed by atoms with Gasteiger partial charge in [-0.15, -0.1) is 0 Å². The Morgan fingerprint density at radius 3 is 2.53 bits per heavy atom. The molecule has 0 radical (unpaired) electrons. The highest BCUT2D eigenvalue weighted by Crippen LogP contribution is 2.24. The van der Waals surface area contributed by atoms with Crippen molar-refractivity contribution in [2.75, 3.05) is 6.61 Å². The Hall–Kier alpha value is -0.730. The minimum atomic E-state index is -1.43. The summed E-state index contributed by atoms with van der Waals surface area (Å²) < 4.78 is 9.45. The molecule has 15 heavy (non-hydrogen) atoms. The maximum Gasteiger partial charge on any atom is 0.305 e. The molecule has 0 spiro atoms. The summed E-state index contributed by atoms with van der Waals surface area (Å²) in [7, 11) is 0. The number of ether oxygens (including phenoxy) is 2. The summed E-state index contributed by atoms with van der Waals surface area (Å²) in [6.07, 6.45) is -6.66. The van der Waals surface area contributed by atoms with Crippen LogP contribution in [0.4, 0.5) is 0 Å². The molecule has 0 aromatic heterocycles. The van der Waals surface area contributed by atoms with Crippen molar-refractivity contribution in [1.29, 1.82) is 0 Å². The third-order valence-electron chi connectivity index (χ3n) is 2.11. The van der Waals surface area contributed by atoms with Crippen molar-refractivity contribution in [1.82, 2.24) is 0 Å². The fraction of sp³-hybridized carbons (Fsp3) is 0.875. The standard InChI is InChI=1S/C8H14O7/c1-3(10)14-8-6(13)5(12)7(15-8)4(11)2-9/h4-9,11-13H,2H2,1H3/t4-,5-,6-,7-,8?/m1/s1. The van der Waals surface area contributed by atoms with Gasteiger partial charge in [0, 0.05) is 6.92 Å². The van der Waals surface area contributed by atoms with Crippen LogP contribution in [0.1, 0.15) is 6.92 Å². The van der Waals surface area contributed by atoms with Crippen molar-refractivity contribution in [3.63, 3.8) is 0 Å². The fourth-order valence-electron chi connectivity index (χ4n) is 1.35. The highest BCUT2D eigenvalue weighted by molar-refractivity contribution is 5.66. The molecule has 0 amide bonds. The third kappa shape index (κ3) is 2.64. The molecule has 1 heterocycles. The van der Waals surface area contributed by atoms with Gasteiger partial charge in [-0.3, -0.25) is 4.79 Å². The van der Waals surface area contributed by atoms with Gasteiger partial charge in [-0.2, -0.15) is 0 Å². The van der Waals surface area contributed by atoms with E-state index in [2.05, 4.69) is 4.74 Å². The number of carbonyl (C=O) groups excluding carboxylic acids is 1. The summed E-state index contributed by atoms with van der Waals surface area (Å²) in [4.78, 5) is 10.6. The lowest BCUT2D eigenvalue weighted by atomic mass is 10.1. The van der Waals surface area contributed by atoms with Crippen molar-refractivity contribution in [3.8, 4) is 0 Å². The molecule has 0 aliphatic carbocycles. The number of esters is 1. The first-order chi connectivity index (χ1) is 6.97. The molecular weight excluding hydrogens is 208 g/mol. The zero-order valence-electron chi connectivity index (χ0n) is 8.11. The Labute approximate surface area is 85.9 Å². The second-order valence-corrected chi connectivity index (χ2v) is 3.31. The molecular formula is C8H14O7. The van der Waals surface area contributed by atoms with Gasteiger partial charge < -0.3 is 29.9 Å². The number of rotatable bonds is 3. The SMILES string of the molecule is CC(=O)OC1O[C@H]([C@H](O)CO)[C@H](O)[C@H]1O. The predicted octanol–water partition coefficient (Wildman–Crippen LogP) is -2.65. The van der Waals surface area contributed by atoms with E-state index in [1.54, 1.807) is 0 Å². The molecule has 1 unspecified atom stereocenters. The monoisotopic (exact) mass is 222 g/mol. The van der Waals surface area contributed by atoms with Crippen LogP contribution in [0.5, 0.6) is 0 Å². The Balaban J connectivity index is 2.62. The van der Waals surface area contributed by atoms with E-state index < -0.39 is 43.3 Å². The van der Waals surface area contributed by atoms with Gasteiger partial charge in [-0.1, -0.05) is 0 Å². The number of hydrogen-bond acceptors (Lipinski definition) is 7. The molecule has 0 bridgehead atoms. The Kier molecular flexibility index (Phi) is 4.00. The Bertz CT molecular complexity index is 231. The van der Waals surface area contributed by atoms with Crippen LogP contribution in [-0.4, -0.2) is 63.7 Å². The van der Waals surface area contributed by atoms with Crippen LogP contribution in [0, 0.1) is 0 Å². The molecule has 1 saturated heterocycles. The minimum Gasteiger partial charge on any atom is -0.433 e. The molecule has 0 aromatic rings. The Morgan fingerprint density at radius 1 is 1.47 bits per heavy atom. The maximum atomic E-state index is 10.6. The quantitative estimate of drug-likeness (QED) is 0.385. The van der Waals surface area contributed by atoms with Crippen LogP contribution < -0.4 is 0 Å². The predicted molar refractivity (Wildman–Crippen MR) is 45.5 cm³/mol. The second kappa shape index (κ2) is 4.86. The van der Waals surface area contributed by atoms with Gasteiger partial charge >= 0.3 is 5.97 Å². The van der Waals surface area contributed by atoms with Gasteiger partial charge in [0.1, 0.15) is 24.4 Å². The molecule has 7 nitrogen and oxygen atoms in total. The zero-order chi connectivity index (χ0) is 11.6. The molecule has 1 aliphatic heterocycles. The molecule has 4 N–H and O–H groups in total. The van der Waals surface area contributed by atoms with Crippen molar-refractivity contribution in [3.05, 3.63) is 0 Å². The molecule has 1 fully saturated rings. The lowest BCUT2D eigenvalue weighted by Gasteiger charge is -2.18. The molecule has 88 valence electrons. The average Bonchev–Trinajstić information content (AvgIpc) is 2.44. The van der Waals surface area contributed by atoms with Gasteiger partial charge in [0.2, 0.25) is 6.29 Å². The van der Waals surface area contributed by atoms with E-state index in [4.69, 9.17) is 9.84 Å². The van der Waals surface area contributed by atoms with E-state index in [0.29, 0.717) is 0 Å². The van der Waals surface area contributed by atoms with Crippen LogP contribution in [0.25, 0.3) is 0 Å². The normalized spacial score (nSPS) is 37.7. The molecule has 5 atom stereocenters. The van der Waals surface area contributed by atoms with Crippen LogP contribution in [0.15, 0.2) is 0 Å².